The van der Waals surface area contributed by atoms with Crippen LogP contribution in [0.2, 0.25) is 0 Å². The summed E-state index contributed by atoms with van der Waals surface area (Å²) in [4.78, 5) is 15.2. The van der Waals surface area contributed by atoms with Crippen LogP contribution in [0, 0.1) is 0 Å². The highest BCUT2D eigenvalue weighted by Crippen LogP contribution is 2.17. The maximum Gasteiger partial charge on any atom is 0.396 e. The normalized spacial score (nSPS) is 10.2. The SMILES string of the molecule is CCOC(=O)c1nnc(-c2cscn2)o1. The molecule has 0 bridgehead atoms. The molecule has 15 heavy (non-hydrogen) atoms. The van der Waals surface area contributed by atoms with Crippen LogP contribution >= 0.6 is 11.3 Å². The Morgan fingerprint density at radius 1 is 1.60 bits per heavy atom. The van der Waals surface area contributed by atoms with E-state index in [2.05, 4.69) is 15.2 Å². The van der Waals surface area contributed by atoms with Gasteiger partial charge in [0.2, 0.25) is 0 Å². The highest BCUT2D eigenvalue weighted by atomic mass is 32.1. The van der Waals surface area contributed by atoms with Gasteiger partial charge in [-0.15, -0.1) is 21.5 Å². The van der Waals surface area contributed by atoms with Crippen molar-refractivity contribution in [3.05, 3.63) is 16.8 Å². The molecule has 0 radical (unpaired) electrons. The van der Waals surface area contributed by atoms with Crippen LogP contribution in [0.3, 0.4) is 0 Å². The van der Waals surface area contributed by atoms with Crippen LogP contribution in [0.25, 0.3) is 11.6 Å². The molecule has 0 fully saturated rings. The van der Waals surface area contributed by atoms with Crippen molar-refractivity contribution >= 4 is 17.3 Å². The second-order valence-electron chi connectivity index (χ2n) is 2.51. The first-order chi connectivity index (χ1) is 7.31. The Morgan fingerprint density at radius 2 is 2.47 bits per heavy atom. The Morgan fingerprint density at radius 3 is 3.13 bits per heavy atom. The number of carbonyl (C=O) groups is 1. The van der Waals surface area contributed by atoms with Crippen LogP contribution in [-0.4, -0.2) is 27.8 Å². The zero-order valence-electron chi connectivity index (χ0n) is 7.84. The first-order valence-electron chi connectivity index (χ1n) is 4.20. The van der Waals surface area contributed by atoms with Gasteiger partial charge in [0.25, 0.3) is 5.89 Å². The molecule has 0 amide bonds. The highest BCUT2D eigenvalue weighted by Gasteiger charge is 2.17. The molecule has 0 spiro atoms. The zero-order valence-corrected chi connectivity index (χ0v) is 8.65. The van der Waals surface area contributed by atoms with Gasteiger partial charge in [0.05, 0.1) is 12.1 Å². The third-order valence-corrected chi connectivity index (χ3v) is 2.11. The van der Waals surface area contributed by atoms with Gasteiger partial charge in [-0.1, -0.05) is 0 Å². The van der Waals surface area contributed by atoms with Crippen molar-refractivity contribution in [1.29, 1.82) is 0 Å². The van der Waals surface area contributed by atoms with Gasteiger partial charge in [-0.05, 0) is 6.92 Å². The second-order valence-corrected chi connectivity index (χ2v) is 3.23. The number of thiazole rings is 1. The summed E-state index contributed by atoms with van der Waals surface area (Å²) in [6.07, 6.45) is 0. The predicted octanol–water partition coefficient (Wildman–Crippen LogP) is 1.37. The fourth-order valence-electron chi connectivity index (χ4n) is 0.920. The molecule has 7 heteroatoms. The van der Waals surface area contributed by atoms with Crippen LogP contribution in [0.4, 0.5) is 0 Å². The van der Waals surface area contributed by atoms with Crippen molar-refractivity contribution in [2.45, 2.75) is 6.92 Å². The molecule has 0 aromatic carbocycles. The smallest absolute Gasteiger partial charge is 0.396 e. The number of carbonyl (C=O) groups excluding carboxylic acids is 1. The number of hydrogen-bond donors (Lipinski definition) is 0. The maximum atomic E-state index is 11.2. The Kier molecular flexibility index (Phi) is 2.72. The zero-order chi connectivity index (χ0) is 10.7. The van der Waals surface area contributed by atoms with E-state index in [0.29, 0.717) is 5.69 Å². The van der Waals surface area contributed by atoms with Crippen molar-refractivity contribution in [1.82, 2.24) is 15.2 Å². The minimum absolute atomic E-state index is 0.153. The van der Waals surface area contributed by atoms with Crippen molar-refractivity contribution in [2.24, 2.45) is 0 Å². The van der Waals surface area contributed by atoms with Crippen LogP contribution in [-0.2, 0) is 4.74 Å². The Bertz CT molecular complexity index is 451. The van der Waals surface area contributed by atoms with Crippen LogP contribution in [0.5, 0.6) is 0 Å². The molecule has 2 aromatic rings. The third kappa shape index (κ3) is 2.01. The summed E-state index contributed by atoms with van der Waals surface area (Å²) in [6.45, 7) is 1.98. The molecule has 2 aromatic heterocycles. The lowest BCUT2D eigenvalue weighted by molar-refractivity contribution is 0.0481. The number of ether oxygens (including phenoxy) is 1. The predicted molar refractivity (Wildman–Crippen MR) is 51.4 cm³/mol. The molecule has 0 saturated heterocycles. The summed E-state index contributed by atoms with van der Waals surface area (Å²) >= 11 is 1.41. The monoisotopic (exact) mass is 225 g/mol. The molecule has 0 aliphatic carbocycles. The molecule has 6 nitrogen and oxygen atoms in total. The van der Waals surface area contributed by atoms with Crippen molar-refractivity contribution < 1.29 is 13.9 Å². The van der Waals surface area contributed by atoms with E-state index in [1.807, 2.05) is 0 Å². The van der Waals surface area contributed by atoms with E-state index < -0.39 is 5.97 Å². The van der Waals surface area contributed by atoms with Crippen LogP contribution in [0.15, 0.2) is 15.3 Å². The fourth-order valence-corrected chi connectivity index (χ4v) is 1.45. The van der Waals surface area contributed by atoms with Crippen LogP contribution < -0.4 is 0 Å². The standard InChI is InChI=1S/C8H7N3O3S/c1-2-13-8(12)7-11-10-6(14-7)5-3-15-4-9-5/h3-4H,2H2,1H3. The molecule has 0 aliphatic heterocycles. The van der Waals surface area contributed by atoms with Gasteiger partial charge in [0.1, 0.15) is 5.69 Å². The van der Waals surface area contributed by atoms with Gasteiger partial charge < -0.3 is 9.15 Å². The Labute approximate surface area is 88.9 Å². The number of nitrogens with zero attached hydrogens (tertiary/aromatic N) is 3. The van der Waals surface area contributed by atoms with E-state index in [1.165, 1.54) is 11.3 Å². The Hall–Kier alpha value is -1.76. The van der Waals surface area contributed by atoms with E-state index in [1.54, 1.807) is 17.8 Å². The number of esters is 1. The Balaban J connectivity index is 2.21. The van der Waals surface area contributed by atoms with Crippen LogP contribution in [0.1, 0.15) is 17.6 Å². The minimum Gasteiger partial charge on any atom is -0.459 e. The summed E-state index contributed by atoms with van der Waals surface area (Å²) in [5.74, 6) is -0.550. The van der Waals surface area contributed by atoms with E-state index in [4.69, 9.17) is 9.15 Å². The van der Waals surface area contributed by atoms with Crippen molar-refractivity contribution in [2.75, 3.05) is 6.61 Å². The topological polar surface area (TPSA) is 78.1 Å². The number of rotatable bonds is 3. The van der Waals surface area contributed by atoms with E-state index in [9.17, 15) is 4.79 Å². The van der Waals surface area contributed by atoms with E-state index in [0.717, 1.165) is 0 Å². The van der Waals surface area contributed by atoms with E-state index >= 15 is 0 Å². The fraction of sp³-hybridized carbons (Fsp3) is 0.250. The summed E-state index contributed by atoms with van der Waals surface area (Å²) in [5.41, 5.74) is 2.20. The summed E-state index contributed by atoms with van der Waals surface area (Å²) in [5, 5.41) is 9.01. The lowest BCUT2D eigenvalue weighted by atomic mass is 10.5. The quantitative estimate of drug-likeness (QED) is 0.734. The van der Waals surface area contributed by atoms with Gasteiger partial charge >= 0.3 is 11.9 Å². The molecule has 2 rings (SSSR count). The molecular formula is C8H7N3O3S. The maximum absolute atomic E-state index is 11.2. The minimum atomic E-state index is -0.619. The van der Waals surface area contributed by atoms with Gasteiger partial charge in [-0.3, -0.25) is 0 Å². The second kappa shape index (κ2) is 4.18. The van der Waals surface area contributed by atoms with Gasteiger partial charge in [-0.2, -0.15) is 0 Å². The first-order valence-corrected chi connectivity index (χ1v) is 5.14. The third-order valence-electron chi connectivity index (χ3n) is 1.53. The highest BCUT2D eigenvalue weighted by molar-refractivity contribution is 7.07. The first kappa shape index (κ1) is 9.78. The molecule has 0 N–H and O–H groups in total. The van der Waals surface area contributed by atoms with Crippen molar-refractivity contribution in [3.8, 4) is 11.6 Å². The molecule has 0 aliphatic rings. The van der Waals surface area contributed by atoms with Gasteiger partial charge in [-0.25, -0.2) is 9.78 Å². The molecule has 2 heterocycles. The lowest BCUT2D eigenvalue weighted by Gasteiger charge is -1.93. The molecule has 0 atom stereocenters. The largest absolute Gasteiger partial charge is 0.459 e. The van der Waals surface area contributed by atoms with E-state index in [-0.39, 0.29) is 18.4 Å². The average Bonchev–Trinajstić information content (AvgIpc) is 2.89. The van der Waals surface area contributed by atoms with Gasteiger partial charge in [0.15, 0.2) is 0 Å². The van der Waals surface area contributed by atoms with Gasteiger partial charge in [0, 0.05) is 5.38 Å². The molecule has 0 saturated carbocycles. The lowest BCUT2D eigenvalue weighted by Crippen LogP contribution is -2.04. The molecule has 0 unspecified atom stereocenters. The molecular weight excluding hydrogens is 218 g/mol. The summed E-state index contributed by atoms with van der Waals surface area (Å²) < 4.78 is 9.80. The number of hydrogen-bond acceptors (Lipinski definition) is 7. The average molecular weight is 225 g/mol. The van der Waals surface area contributed by atoms with Crippen molar-refractivity contribution in [3.63, 3.8) is 0 Å². The molecule has 78 valence electrons. The summed E-state index contributed by atoms with van der Waals surface area (Å²) in [6, 6.07) is 0. The number of aromatic nitrogens is 3. The summed E-state index contributed by atoms with van der Waals surface area (Å²) in [7, 11) is 0.